The molecule has 0 radical (unpaired) electrons. The quantitative estimate of drug-likeness (QED) is 0.873. The summed E-state index contributed by atoms with van der Waals surface area (Å²) >= 11 is 0. The molecule has 2 aromatic rings. The van der Waals surface area contributed by atoms with Gasteiger partial charge in [0.25, 0.3) is 0 Å². The second-order valence-corrected chi connectivity index (χ2v) is 4.45. The molecule has 0 fully saturated rings. The average Bonchev–Trinajstić information content (AvgIpc) is 2.84. The highest BCUT2D eigenvalue weighted by molar-refractivity contribution is 5.86. The number of methoxy groups -OCH3 is 1. The summed E-state index contributed by atoms with van der Waals surface area (Å²) in [5.41, 5.74) is 2.43. The van der Waals surface area contributed by atoms with Gasteiger partial charge in [-0.15, -0.1) is 5.10 Å². The van der Waals surface area contributed by atoms with Crippen molar-refractivity contribution < 1.29 is 14.6 Å². The fourth-order valence-corrected chi connectivity index (χ4v) is 2.08. The minimum Gasteiger partial charge on any atom is -0.476 e. The molecule has 2 rings (SSSR count). The van der Waals surface area contributed by atoms with Gasteiger partial charge < -0.3 is 9.84 Å². The average molecular weight is 275 g/mol. The Morgan fingerprint density at radius 3 is 2.90 bits per heavy atom. The van der Waals surface area contributed by atoms with E-state index in [0.29, 0.717) is 18.7 Å². The van der Waals surface area contributed by atoms with Gasteiger partial charge in [-0.05, 0) is 24.1 Å². The van der Waals surface area contributed by atoms with E-state index < -0.39 is 5.97 Å². The highest BCUT2D eigenvalue weighted by Gasteiger charge is 2.19. The number of carboxylic acid groups (broad SMARTS) is 1. The monoisotopic (exact) mass is 275 g/mol. The SMILES string of the molecule is CCCc1c(C(=O)O)nnn1-c1cccc(COC)c1. The van der Waals surface area contributed by atoms with E-state index in [-0.39, 0.29) is 5.69 Å². The standard InChI is InChI=1S/C14H17N3O3/c1-3-5-12-13(14(18)19)15-16-17(12)11-7-4-6-10(8-11)9-20-2/h4,6-8H,3,5,9H2,1-2H3,(H,18,19). The predicted octanol–water partition coefficient (Wildman–Crippen LogP) is 2.06. The van der Waals surface area contributed by atoms with Gasteiger partial charge in [-0.1, -0.05) is 30.7 Å². The Labute approximate surface area is 117 Å². The van der Waals surface area contributed by atoms with Gasteiger partial charge in [0.2, 0.25) is 0 Å². The maximum atomic E-state index is 11.2. The van der Waals surface area contributed by atoms with E-state index in [0.717, 1.165) is 17.7 Å². The molecule has 1 aromatic carbocycles. The summed E-state index contributed by atoms with van der Waals surface area (Å²) < 4.78 is 6.69. The molecule has 0 amide bonds. The van der Waals surface area contributed by atoms with Crippen LogP contribution in [-0.4, -0.2) is 33.2 Å². The number of aromatic carboxylic acids is 1. The summed E-state index contributed by atoms with van der Waals surface area (Å²) in [6.07, 6.45) is 1.44. The topological polar surface area (TPSA) is 77.2 Å². The molecular weight excluding hydrogens is 258 g/mol. The number of benzene rings is 1. The smallest absolute Gasteiger partial charge is 0.358 e. The van der Waals surface area contributed by atoms with Crippen molar-refractivity contribution in [1.82, 2.24) is 15.0 Å². The first-order valence-electron chi connectivity index (χ1n) is 6.43. The summed E-state index contributed by atoms with van der Waals surface area (Å²) in [7, 11) is 1.63. The highest BCUT2D eigenvalue weighted by atomic mass is 16.5. The molecule has 20 heavy (non-hydrogen) atoms. The van der Waals surface area contributed by atoms with Gasteiger partial charge in [0.15, 0.2) is 5.69 Å². The van der Waals surface area contributed by atoms with E-state index in [4.69, 9.17) is 9.84 Å². The van der Waals surface area contributed by atoms with Gasteiger partial charge in [-0.3, -0.25) is 0 Å². The molecule has 0 bridgehead atoms. The lowest BCUT2D eigenvalue weighted by Crippen LogP contribution is -2.07. The lowest BCUT2D eigenvalue weighted by atomic mass is 10.1. The van der Waals surface area contributed by atoms with Gasteiger partial charge in [-0.2, -0.15) is 0 Å². The Morgan fingerprint density at radius 1 is 1.45 bits per heavy atom. The molecular formula is C14H17N3O3. The molecule has 106 valence electrons. The Hall–Kier alpha value is -2.21. The number of hydrogen-bond donors (Lipinski definition) is 1. The second-order valence-electron chi connectivity index (χ2n) is 4.45. The molecule has 0 saturated carbocycles. The van der Waals surface area contributed by atoms with Crippen LogP contribution < -0.4 is 0 Å². The molecule has 0 unspecified atom stereocenters. The van der Waals surface area contributed by atoms with Crippen LogP contribution in [0.3, 0.4) is 0 Å². The van der Waals surface area contributed by atoms with Crippen LogP contribution in [0.15, 0.2) is 24.3 Å². The van der Waals surface area contributed by atoms with Crippen LogP contribution in [0, 0.1) is 0 Å². The van der Waals surface area contributed by atoms with Crippen molar-refractivity contribution in [2.45, 2.75) is 26.4 Å². The maximum Gasteiger partial charge on any atom is 0.358 e. The summed E-state index contributed by atoms with van der Waals surface area (Å²) in [5, 5.41) is 16.9. The van der Waals surface area contributed by atoms with E-state index in [9.17, 15) is 4.79 Å². The zero-order chi connectivity index (χ0) is 14.5. The molecule has 6 nitrogen and oxygen atoms in total. The van der Waals surface area contributed by atoms with Gasteiger partial charge in [0, 0.05) is 7.11 Å². The normalized spacial score (nSPS) is 10.7. The summed E-state index contributed by atoms with van der Waals surface area (Å²) in [6, 6.07) is 7.63. The van der Waals surface area contributed by atoms with Crippen LogP contribution in [0.5, 0.6) is 0 Å². The molecule has 1 aromatic heterocycles. The Morgan fingerprint density at radius 2 is 2.25 bits per heavy atom. The van der Waals surface area contributed by atoms with Crippen LogP contribution >= 0.6 is 0 Å². The largest absolute Gasteiger partial charge is 0.476 e. The number of hydrogen-bond acceptors (Lipinski definition) is 4. The molecule has 0 aliphatic carbocycles. The number of aromatic nitrogens is 3. The van der Waals surface area contributed by atoms with Crippen molar-refractivity contribution in [3.63, 3.8) is 0 Å². The minimum absolute atomic E-state index is 0.0176. The minimum atomic E-state index is -1.05. The Kier molecular flexibility index (Phi) is 4.47. The third kappa shape index (κ3) is 2.85. The molecule has 1 heterocycles. The van der Waals surface area contributed by atoms with Crippen LogP contribution in [0.4, 0.5) is 0 Å². The van der Waals surface area contributed by atoms with Crippen molar-refractivity contribution in [1.29, 1.82) is 0 Å². The second kappa shape index (κ2) is 6.29. The van der Waals surface area contributed by atoms with Crippen LogP contribution in [-0.2, 0) is 17.8 Å². The molecule has 0 spiro atoms. The van der Waals surface area contributed by atoms with Crippen LogP contribution in [0.1, 0.15) is 35.1 Å². The van der Waals surface area contributed by atoms with Gasteiger partial charge in [-0.25, -0.2) is 9.48 Å². The first-order chi connectivity index (χ1) is 9.67. The lowest BCUT2D eigenvalue weighted by molar-refractivity contribution is 0.0689. The fourth-order valence-electron chi connectivity index (χ4n) is 2.08. The van der Waals surface area contributed by atoms with E-state index >= 15 is 0 Å². The third-order valence-corrected chi connectivity index (χ3v) is 2.92. The van der Waals surface area contributed by atoms with Crippen LogP contribution in [0.25, 0.3) is 5.69 Å². The summed E-state index contributed by atoms with van der Waals surface area (Å²) in [5.74, 6) is -1.05. The Bertz CT molecular complexity index is 607. The molecule has 0 saturated heterocycles. The van der Waals surface area contributed by atoms with Crippen molar-refractivity contribution in [2.75, 3.05) is 7.11 Å². The number of nitrogens with zero attached hydrogens (tertiary/aromatic N) is 3. The van der Waals surface area contributed by atoms with Crippen molar-refractivity contribution in [3.8, 4) is 5.69 Å². The number of carboxylic acids is 1. The number of ether oxygens (including phenoxy) is 1. The zero-order valence-corrected chi connectivity index (χ0v) is 11.5. The molecule has 0 atom stereocenters. The first kappa shape index (κ1) is 14.2. The zero-order valence-electron chi connectivity index (χ0n) is 11.5. The van der Waals surface area contributed by atoms with E-state index in [1.54, 1.807) is 11.8 Å². The maximum absolute atomic E-state index is 11.2. The molecule has 0 aliphatic rings. The lowest BCUT2D eigenvalue weighted by Gasteiger charge is -2.08. The van der Waals surface area contributed by atoms with Crippen molar-refractivity contribution in [2.24, 2.45) is 0 Å². The number of carbonyl (C=O) groups is 1. The van der Waals surface area contributed by atoms with Crippen molar-refractivity contribution in [3.05, 3.63) is 41.2 Å². The Balaban J connectivity index is 2.46. The van der Waals surface area contributed by atoms with E-state index in [1.807, 2.05) is 31.2 Å². The number of rotatable bonds is 6. The third-order valence-electron chi connectivity index (χ3n) is 2.92. The van der Waals surface area contributed by atoms with Gasteiger partial charge in [0.1, 0.15) is 0 Å². The fraction of sp³-hybridized carbons (Fsp3) is 0.357. The van der Waals surface area contributed by atoms with E-state index in [1.165, 1.54) is 0 Å². The van der Waals surface area contributed by atoms with Crippen LogP contribution in [0.2, 0.25) is 0 Å². The molecule has 0 aliphatic heterocycles. The van der Waals surface area contributed by atoms with Crippen molar-refractivity contribution >= 4 is 5.97 Å². The summed E-state index contributed by atoms with van der Waals surface area (Å²) in [4.78, 5) is 11.2. The molecule has 1 N–H and O–H groups in total. The highest BCUT2D eigenvalue weighted by Crippen LogP contribution is 2.16. The summed E-state index contributed by atoms with van der Waals surface area (Å²) in [6.45, 7) is 2.49. The van der Waals surface area contributed by atoms with E-state index in [2.05, 4.69) is 10.3 Å². The predicted molar refractivity (Wildman–Crippen MR) is 73.0 cm³/mol. The molecule has 6 heteroatoms. The first-order valence-corrected chi connectivity index (χ1v) is 6.43. The van der Waals surface area contributed by atoms with Gasteiger partial charge >= 0.3 is 5.97 Å². The van der Waals surface area contributed by atoms with Gasteiger partial charge in [0.05, 0.1) is 18.0 Å².